The summed E-state index contributed by atoms with van der Waals surface area (Å²) in [5.74, 6) is -0.757. The normalized spacial score (nSPS) is 11.4. The summed E-state index contributed by atoms with van der Waals surface area (Å²) in [6.07, 6.45) is 3.42. The summed E-state index contributed by atoms with van der Waals surface area (Å²) in [6, 6.07) is 8.43. The van der Waals surface area contributed by atoms with Crippen molar-refractivity contribution in [3.8, 4) is 0 Å². The van der Waals surface area contributed by atoms with Gasteiger partial charge in [0, 0.05) is 25.5 Å². The predicted octanol–water partition coefficient (Wildman–Crippen LogP) is 2.34. The molecular formula is C15H17FN4O. The van der Waals surface area contributed by atoms with Crippen molar-refractivity contribution in [2.24, 2.45) is 10.9 Å². The van der Waals surface area contributed by atoms with E-state index in [0.717, 1.165) is 5.56 Å². The highest BCUT2D eigenvalue weighted by molar-refractivity contribution is 6.02. The van der Waals surface area contributed by atoms with E-state index in [0.29, 0.717) is 18.8 Å². The summed E-state index contributed by atoms with van der Waals surface area (Å²) in [5, 5.41) is 11.8. The Morgan fingerprint density at radius 3 is 2.67 bits per heavy atom. The van der Waals surface area contributed by atoms with Crippen LogP contribution in [0.3, 0.4) is 0 Å². The zero-order valence-electron chi connectivity index (χ0n) is 11.7. The van der Waals surface area contributed by atoms with Crippen LogP contribution in [-0.4, -0.2) is 22.6 Å². The van der Waals surface area contributed by atoms with Gasteiger partial charge in [-0.2, -0.15) is 0 Å². The van der Waals surface area contributed by atoms with Crippen LogP contribution in [0.1, 0.15) is 18.1 Å². The van der Waals surface area contributed by atoms with Gasteiger partial charge in [-0.25, -0.2) is 4.39 Å². The van der Waals surface area contributed by atoms with Gasteiger partial charge in [0.2, 0.25) is 0 Å². The van der Waals surface area contributed by atoms with Crippen molar-refractivity contribution in [3.05, 3.63) is 59.7 Å². The molecule has 1 heterocycles. The summed E-state index contributed by atoms with van der Waals surface area (Å²) < 4.78 is 14.0. The molecule has 6 heteroatoms. The molecule has 0 aliphatic rings. The maximum Gasteiger partial charge on any atom is 0.175 e. The highest BCUT2D eigenvalue weighted by Crippen LogP contribution is 2.24. The first-order valence-corrected chi connectivity index (χ1v) is 6.57. The molecule has 0 atom stereocenters. The molecule has 110 valence electrons. The molecule has 0 spiro atoms. The second-order valence-corrected chi connectivity index (χ2v) is 4.49. The van der Waals surface area contributed by atoms with Gasteiger partial charge in [-0.1, -0.05) is 11.2 Å². The standard InChI is InChI=1S/C15H17FN4O/c1-2-20(10-11-6-8-18-9-7-11)13-5-3-4-12(16)14(13)15(17)19-21/h3-9,21H,2,10H2,1H3,(H2,17,19). The molecule has 0 saturated heterocycles. The van der Waals surface area contributed by atoms with Crippen molar-refractivity contribution < 1.29 is 9.60 Å². The molecule has 1 aromatic heterocycles. The summed E-state index contributed by atoms with van der Waals surface area (Å²) >= 11 is 0. The van der Waals surface area contributed by atoms with Gasteiger partial charge >= 0.3 is 0 Å². The van der Waals surface area contributed by atoms with Crippen LogP contribution in [0.5, 0.6) is 0 Å². The summed E-state index contributed by atoms with van der Waals surface area (Å²) in [5.41, 5.74) is 7.34. The average molecular weight is 288 g/mol. The Bertz CT molecular complexity index is 631. The van der Waals surface area contributed by atoms with Gasteiger partial charge in [0.15, 0.2) is 5.84 Å². The van der Waals surface area contributed by atoms with Crippen molar-refractivity contribution >= 4 is 11.5 Å². The van der Waals surface area contributed by atoms with Crippen molar-refractivity contribution in [1.29, 1.82) is 0 Å². The lowest BCUT2D eigenvalue weighted by Crippen LogP contribution is -2.27. The molecule has 21 heavy (non-hydrogen) atoms. The summed E-state index contributed by atoms with van der Waals surface area (Å²) in [6.45, 7) is 3.19. The molecule has 2 aromatic rings. The molecule has 0 aliphatic carbocycles. The number of aromatic nitrogens is 1. The monoisotopic (exact) mass is 288 g/mol. The van der Waals surface area contributed by atoms with Crippen LogP contribution < -0.4 is 10.6 Å². The minimum absolute atomic E-state index is 0.107. The largest absolute Gasteiger partial charge is 0.409 e. The number of hydrogen-bond acceptors (Lipinski definition) is 4. The van der Waals surface area contributed by atoms with E-state index < -0.39 is 5.82 Å². The number of oxime groups is 1. The first kappa shape index (κ1) is 14.8. The van der Waals surface area contributed by atoms with E-state index in [2.05, 4.69) is 10.1 Å². The Morgan fingerprint density at radius 2 is 2.05 bits per heavy atom. The van der Waals surface area contributed by atoms with Gasteiger partial charge in [-0.05, 0) is 36.8 Å². The zero-order chi connectivity index (χ0) is 15.2. The number of halogens is 1. The molecule has 0 unspecified atom stereocenters. The van der Waals surface area contributed by atoms with Crippen LogP contribution in [0, 0.1) is 5.82 Å². The van der Waals surface area contributed by atoms with E-state index in [1.54, 1.807) is 24.5 Å². The van der Waals surface area contributed by atoms with Crippen molar-refractivity contribution in [2.75, 3.05) is 11.4 Å². The van der Waals surface area contributed by atoms with Gasteiger partial charge < -0.3 is 15.8 Å². The smallest absolute Gasteiger partial charge is 0.175 e. The lowest BCUT2D eigenvalue weighted by atomic mass is 10.1. The fraction of sp³-hybridized carbons (Fsp3) is 0.200. The highest BCUT2D eigenvalue weighted by atomic mass is 19.1. The van der Waals surface area contributed by atoms with Crippen molar-refractivity contribution in [3.63, 3.8) is 0 Å². The average Bonchev–Trinajstić information content (AvgIpc) is 2.52. The number of nitrogens with zero attached hydrogens (tertiary/aromatic N) is 3. The van der Waals surface area contributed by atoms with E-state index in [1.807, 2.05) is 24.0 Å². The summed E-state index contributed by atoms with van der Waals surface area (Å²) in [7, 11) is 0. The van der Waals surface area contributed by atoms with Crippen LogP contribution in [-0.2, 0) is 6.54 Å². The first-order valence-electron chi connectivity index (χ1n) is 6.57. The lowest BCUT2D eigenvalue weighted by molar-refractivity contribution is 0.318. The molecule has 3 N–H and O–H groups in total. The molecule has 0 bridgehead atoms. The second kappa shape index (κ2) is 6.69. The second-order valence-electron chi connectivity index (χ2n) is 4.49. The number of anilines is 1. The molecule has 0 fully saturated rings. The van der Waals surface area contributed by atoms with Gasteiger partial charge in [0.25, 0.3) is 0 Å². The first-order chi connectivity index (χ1) is 10.2. The van der Waals surface area contributed by atoms with Crippen molar-refractivity contribution in [1.82, 2.24) is 4.98 Å². The van der Waals surface area contributed by atoms with E-state index in [1.165, 1.54) is 6.07 Å². The number of nitrogens with two attached hydrogens (primary N) is 1. The Morgan fingerprint density at radius 1 is 1.33 bits per heavy atom. The maximum atomic E-state index is 14.0. The van der Waals surface area contributed by atoms with Gasteiger partial charge in [-0.3, -0.25) is 4.98 Å². The fourth-order valence-corrected chi connectivity index (χ4v) is 2.16. The number of benzene rings is 1. The molecule has 2 rings (SSSR count). The van der Waals surface area contributed by atoms with Gasteiger partial charge in [0.05, 0.1) is 11.3 Å². The van der Waals surface area contributed by atoms with Gasteiger partial charge in [0.1, 0.15) is 5.82 Å². The molecule has 0 saturated carbocycles. The summed E-state index contributed by atoms with van der Waals surface area (Å²) in [4.78, 5) is 5.92. The van der Waals surface area contributed by atoms with Crippen LogP contribution in [0.15, 0.2) is 47.9 Å². The molecular weight excluding hydrogens is 271 g/mol. The minimum atomic E-state index is -0.518. The molecule has 1 aromatic carbocycles. The molecule has 0 amide bonds. The lowest BCUT2D eigenvalue weighted by Gasteiger charge is -2.25. The third-order valence-corrected chi connectivity index (χ3v) is 3.20. The van der Waals surface area contributed by atoms with Crippen LogP contribution >= 0.6 is 0 Å². The predicted molar refractivity (Wildman–Crippen MR) is 79.9 cm³/mol. The Kier molecular flexibility index (Phi) is 4.71. The number of rotatable bonds is 5. The molecule has 0 aliphatic heterocycles. The van der Waals surface area contributed by atoms with Crippen LogP contribution in [0.4, 0.5) is 10.1 Å². The fourth-order valence-electron chi connectivity index (χ4n) is 2.16. The topological polar surface area (TPSA) is 74.7 Å². The molecule has 5 nitrogen and oxygen atoms in total. The minimum Gasteiger partial charge on any atom is -0.409 e. The Balaban J connectivity index is 2.41. The quantitative estimate of drug-likeness (QED) is 0.383. The van der Waals surface area contributed by atoms with E-state index >= 15 is 0 Å². The highest BCUT2D eigenvalue weighted by Gasteiger charge is 2.17. The van der Waals surface area contributed by atoms with E-state index in [9.17, 15) is 4.39 Å². The van der Waals surface area contributed by atoms with E-state index in [4.69, 9.17) is 10.9 Å². The molecule has 0 radical (unpaired) electrons. The third-order valence-electron chi connectivity index (χ3n) is 3.20. The van der Waals surface area contributed by atoms with Gasteiger partial charge in [-0.15, -0.1) is 0 Å². The number of amidine groups is 1. The van der Waals surface area contributed by atoms with Crippen LogP contribution in [0.25, 0.3) is 0 Å². The number of hydrogen-bond donors (Lipinski definition) is 2. The zero-order valence-corrected chi connectivity index (χ0v) is 11.7. The Labute approximate surface area is 122 Å². The SMILES string of the molecule is CCN(Cc1ccncc1)c1cccc(F)c1C(N)=NO. The number of pyridine rings is 1. The van der Waals surface area contributed by atoms with Crippen molar-refractivity contribution in [2.45, 2.75) is 13.5 Å². The Hall–Kier alpha value is -2.63. The third kappa shape index (κ3) is 3.28. The van der Waals surface area contributed by atoms with Crippen LogP contribution in [0.2, 0.25) is 0 Å². The van der Waals surface area contributed by atoms with E-state index in [-0.39, 0.29) is 11.4 Å². The maximum absolute atomic E-state index is 14.0.